The number of aliphatic carboxylic acids is 1. The summed E-state index contributed by atoms with van der Waals surface area (Å²) < 4.78 is 4.88. The largest absolute Gasteiger partial charge is 0.480 e. The van der Waals surface area contributed by atoms with Crippen LogP contribution >= 0.6 is 0 Å². The minimum atomic E-state index is -1.00. The van der Waals surface area contributed by atoms with Gasteiger partial charge in [0.25, 0.3) is 0 Å². The highest BCUT2D eigenvalue weighted by molar-refractivity contribution is 5.79. The van der Waals surface area contributed by atoms with Gasteiger partial charge in [0.1, 0.15) is 6.04 Å². The van der Waals surface area contributed by atoms with Crippen LogP contribution in [0.5, 0.6) is 0 Å². The zero-order valence-corrected chi connectivity index (χ0v) is 11.4. The maximum Gasteiger partial charge on any atom is 0.407 e. The smallest absolute Gasteiger partial charge is 0.407 e. The molecule has 0 aliphatic carbocycles. The third-order valence-corrected chi connectivity index (χ3v) is 2.67. The van der Waals surface area contributed by atoms with E-state index < -0.39 is 18.1 Å². The molecule has 0 rings (SSSR count). The Balaban J connectivity index is 3.88. The van der Waals surface area contributed by atoms with Gasteiger partial charge in [-0.1, -0.05) is 46.0 Å². The van der Waals surface area contributed by atoms with Crippen molar-refractivity contribution in [2.45, 2.75) is 64.8 Å². The molecule has 5 nitrogen and oxygen atoms in total. The molecule has 0 saturated carbocycles. The Morgan fingerprint density at radius 2 is 1.78 bits per heavy atom. The molecule has 1 amide bonds. The summed E-state index contributed by atoms with van der Waals surface area (Å²) in [5, 5.41) is 11.4. The molecule has 1 atom stereocenters. The van der Waals surface area contributed by atoms with Gasteiger partial charge in [0, 0.05) is 0 Å². The average Bonchev–Trinajstić information content (AvgIpc) is 2.33. The maximum absolute atomic E-state index is 11.3. The van der Waals surface area contributed by atoms with E-state index in [2.05, 4.69) is 12.2 Å². The molecule has 106 valence electrons. The molecule has 2 N–H and O–H groups in total. The van der Waals surface area contributed by atoms with E-state index in [-0.39, 0.29) is 0 Å². The first-order valence-corrected chi connectivity index (χ1v) is 6.77. The van der Waals surface area contributed by atoms with Crippen LogP contribution in [0.25, 0.3) is 0 Å². The van der Waals surface area contributed by atoms with Crippen molar-refractivity contribution in [3.63, 3.8) is 0 Å². The molecular formula is C13H25NO4. The Bertz CT molecular complexity index is 243. The van der Waals surface area contributed by atoms with Crippen molar-refractivity contribution in [2.24, 2.45) is 0 Å². The summed E-state index contributed by atoms with van der Waals surface area (Å²) in [6.07, 6.45) is 5.54. The molecule has 1 unspecified atom stereocenters. The van der Waals surface area contributed by atoms with Crippen molar-refractivity contribution in [1.29, 1.82) is 0 Å². The zero-order valence-electron chi connectivity index (χ0n) is 11.4. The van der Waals surface area contributed by atoms with Crippen LogP contribution in [-0.4, -0.2) is 29.8 Å². The number of carbonyl (C=O) groups excluding carboxylic acids is 1. The van der Waals surface area contributed by atoms with E-state index in [1.807, 2.05) is 6.92 Å². The Hall–Kier alpha value is -1.26. The summed E-state index contributed by atoms with van der Waals surface area (Å²) >= 11 is 0. The number of unbranched alkanes of at least 4 members (excludes halogenated alkanes) is 4. The van der Waals surface area contributed by atoms with Gasteiger partial charge < -0.3 is 15.2 Å². The van der Waals surface area contributed by atoms with Crippen molar-refractivity contribution in [3.05, 3.63) is 0 Å². The summed E-state index contributed by atoms with van der Waals surface area (Å²) in [5.41, 5.74) is 0. The molecule has 0 aliphatic heterocycles. The number of ether oxygens (including phenoxy) is 1. The first-order chi connectivity index (χ1) is 8.61. The third kappa shape index (κ3) is 8.84. The number of rotatable bonds is 10. The Labute approximate surface area is 109 Å². The first-order valence-electron chi connectivity index (χ1n) is 6.77. The van der Waals surface area contributed by atoms with E-state index in [4.69, 9.17) is 9.84 Å². The summed E-state index contributed by atoms with van der Waals surface area (Å²) in [6, 6.07) is -0.837. The minimum absolute atomic E-state index is 0.338. The zero-order chi connectivity index (χ0) is 13.8. The lowest BCUT2D eigenvalue weighted by Gasteiger charge is -2.14. The number of hydrogen-bond donors (Lipinski definition) is 2. The molecule has 0 heterocycles. The van der Waals surface area contributed by atoms with Crippen molar-refractivity contribution in [2.75, 3.05) is 6.61 Å². The lowest BCUT2D eigenvalue weighted by Crippen LogP contribution is -2.41. The molecule has 0 spiro atoms. The third-order valence-electron chi connectivity index (χ3n) is 2.67. The molecule has 0 bridgehead atoms. The molecule has 0 aromatic heterocycles. The van der Waals surface area contributed by atoms with Gasteiger partial charge in [0.05, 0.1) is 6.61 Å². The van der Waals surface area contributed by atoms with Crippen molar-refractivity contribution >= 4 is 12.1 Å². The summed E-state index contributed by atoms with van der Waals surface area (Å²) in [4.78, 5) is 22.3. The van der Waals surface area contributed by atoms with Crippen LogP contribution in [-0.2, 0) is 9.53 Å². The fourth-order valence-corrected chi connectivity index (χ4v) is 1.53. The molecule has 0 aromatic carbocycles. The summed E-state index contributed by atoms with van der Waals surface area (Å²) in [5.74, 6) is -1.00. The van der Waals surface area contributed by atoms with Gasteiger partial charge in [-0.2, -0.15) is 0 Å². The van der Waals surface area contributed by atoms with Crippen LogP contribution in [0.1, 0.15) is 58.8 Å². The average molecular weight is 259 g/mol. The monoisotopic (exact) mass is 259 g/mol. The first kappa shape index (κ1) is 16.7. The number of nitrogens with one attached hydrogen (secondary N) is 1. The molecule has 0 fully saturated rings. The SMILES string of the molecule is CCCCCCC(NC(=O)OCCCC)C(=O)O. The minimum Gasteiger partial charge on any atom is -0.480 e. The van der Waals surface area contributed by atoms with Gasteiger partial charge in [-0.3, -0.25) is 0 Å². The standard InChI is InChI=1S/C13H25NO4/c1-3-5-7-8-9-11(12(15)16)14-13(17)18-10-6-4-2/h11H,3-10H2,1-2H3,(H,14,17)(H,15,16). The number of carboxylic acids is 1. The van der Waals surface area contributed by atoms with E-state index in [0.29, 0.717) is 13.0 Å². The van der Waals surface area contributed by atoms with Gasteiger partial charge in [0.15, 0.2) is 0 Å². The Morgan fingerprint density at radius 1 is 1.11 bits per heavy atom. The van der Waals surface area contributed by atoms with Crippen molar-refractivity contribution in [3.8, 4) is 0 Å². The predicted molar refractivity (Wildman–Crippen MR) is 69.6 cm³/mol. The molecule has 0 aliphatic rings. The van der Waals surface area contributed by atoms with Crippen molar-refractivity contribution in [1.82, 2.24) is 5.32 Å². The van der Waals surface area contributed by atoms with E-state index in [1.54, 1.807) is 0 Å². The van der Waals surface area contributed by atoms with Crippen molar-refractivity contribution < 1.29 is 19.4 Å². The quantitative estimate of drug-likeness (QED) is 0.591. The molecule has 0 aromatic rings. The predicted octanol–water partition coefficient (Wildman–Crippen LogP) is 2.94. The van der Waals surface area contributed by atoms with Gasteiger partial charge in [-0.25, -0.2) is 9.59 Å². The number of hydrogen-bond acceptors (Lipinski definition) is 3. The van der Waals surface area contributed by atoms with Crippen LogP contribution in [0.15, 0.2) is 0 Å². The van der Waals surface area contributed by atoms with E-state index in [9.17, 15) is 9.59 Å². The summed E-state index contributed by atoms with van der Waals surface area (Å²) in [6.45, 7) is 4.43. The fraction of sp³-hybridized carbons (Fsp3) is 0.846. The maximum atomic E-state index is 11.3. The van der Waals surface area contributed by atoms with Gasteiger partial charge >= 0.3 is 12.1 Å². The number of carboxylic acid groups (broad SMARTS) is 1. The molecule has 5 heteroatoms. The van der Waals surface area contributed by atoms with Gasteiger partial charge in [-0.15, -0.1) is 0 Å². The Morgan fingerprint density at radius 3 is 2.33 bits per heavy atom. The van der Waals surface area contributed by atoms with E-state index >= 15 is 0 Å². The Kier molecular flexibility index (Phi) is 10.1. The van der Waals surface area contributed by atoms with Crippen LogP contribution in [0.3, 0.4) is 0 Å². The number of amides is 1. The second-order valence-corrected chi connectivity index (χ2v) is 4.37. The summed E-state index contributed by atoms with van der Waals surface area (Å²) in [7, 11) is 0. The second kappa shape index (κ2) is 10.9. The fourth-order valence-electron chi connectivity index (χ4n) is 1.53. The van der Waals surface area contributed by atoms with Crippen LogP contribution < -0.4 is 5.32 Å². The lowest BCUT2D eigenvalue weighted by atomic mass is 10.1. The molecule has 0 saturated heterocycles. The van der Waals surface area contributed by atoms with Crippen LogP contribution in [0.2, 0.25) is 0 Å². The van der Waals surface area contributed by atoms with Gasteiger partial charge in [0.2, 0.25) is 0 Å². The van der Waals surface area contributed by atoms with E-state index in [1.165, 1.54) is 0 Å². The number of carbonyl (C=O) groups is 2. The molecule has 18 heavy (non-hydrogen) atoms. The highest BCUT2D eigenvalue weighted by atomic mass is 16.5. The lowest BCUT2D eigenvalue weighted by molar-refractivity contribution is -0.139. The normalized spacial score (nSPS) is 11.9. The molecular weight excluding hydrogens is 234 g/mol. The highest BCUT2D eigenvalue weighted by Crippen LogP contribution is 2.06. The number of alkyl carbamates (subject to hydrolysis) is 1. The molecule has 0 radical (unpaired) electrons. The highest BCUT2D eigenvalue weighted by Gasteiger charge is 2.19. The van der Waals surface area contributed by atoms with Gasteiger partial charge in [-0.05, 0) is 12.8 Å². The second-order valence-electron chi connectivity index (χ2n) is 4.37. The topological polar surface area (TPSA) is 75.6 Å². The van der Waals surface area contributed by atoms with Crippen LogP contribution in [0.4, 0.5) is 4.79 Å². The van der Waals surface area contributed by atoms with E-state index in [0.717, 1.165) is 38.5 Å². The van der Waals surface area contributed by atoms with Crippen LogP contribution in [0, 0.1) is 0 Å².